The molecule has 1 heterocycles. The first-order valence-corrected chi connectivity index (χ1v) is 6.88. The van der Waals surface area contributed by atoms with Crippen molar-refractivity contribution in [2.24, 2.45) is 0 Å². The first-order chi connectivity index (χ1) is 8.63. The summed E-state index contributed by atoms with van der Waals surface area (Å²) in [7, 11) is 4.15. The topological polar surface area (TPSA) is 18.5 Å². The normalized spacial score (nSPS) is 21.3. The van der Waals surface area contributed by atoms with Gasteiger partial charge in [-0.15, -0.1) is 0 Å². The molecular formula is C14H22ClN3. The highest BCUT2D eigenvalue weighted by molar-refractivity contribution is 6.31. The van der Waals surface area contributed by atoms with Gasteiger partial charge in [-0.3, -0.25) is 0 Å². The van der Waals surface area contributed by atoms with Crippen LogP contribution < -0.4 is 10.2 Å². The Morgan fingerprint density at radius 3 is 2.83 bits per heavy atom. The van der Waals surface area contributed by atoms with Crippen LogP contribution in [0.15, 0.2) is 18.2 Å². The van der Waals surface area contributed by atoms with Gasteiger partial charge in [0.05, 0.1) is 0 Å². The molecule has 4 heteroatoms. The monoisotopic (exact) mass is 267 g/mol. The van der Waals surface area contributed by atoms with E-state index in [4.69, 9.17) is 11.6 Å². The molecule has 1 saturated heterocycles. The molecule has 0 saturated carbocycles. The highest BCUT2D eigenvalue weighted by Gasteiger charge is 2.22. The number of nitrogens with one attached hydrogen (secondary N) is 1. The van der Waals surface area contributed by atoms with Crippen molar-refractivity contribution in [1.82, 2.24) is 10.2 Å². The minimum Gasteiger partial charge on any atom is -0.368 e. The molecule has 3 nitrogen and oxygen atoms in total. The van der Waals surface area contributed by atoms with Crippen LogP contribution >= 0.6 is 11.6 Å². The second-order valence-corrected chi connectivity index (χ2v) is 5.45. The lowest BCUT2D eigenvalue weighted by atomic mass is 10.1. The number of rotatable bonds is 3. The third kappa shape index (κ3) is 2.79. The van der Waals surface area contributed by atoms with Crippen molar-refractivity contribution in [2.45, 2.75) is 19.5 Å². The van der Waals surface area contributed by atoms with Crippen molar-refractivity contribution < 1.29 is 0 Å². The van der Waals surface area contributed by atoms with Crippen molar-refractivity contribution in [3.8, 4) is 0 Å². The molecule has 0 amide bonds. The maximum atomic E-state index is 6.32. The molecule has 0 aromatic heterocycles. The molecule has 0 spiro atoms. The number of anilines is 1. The molecular weight excluding hydrogens is 246 g/mol. The van der Waals surface area contributed by atoms with Crippen molar-refractivity contribution in [1.29, 1.82) is 0 Å². The molecule has 1 fully saturated rings. The Labute approximate surface area is 115 Å². The van der Waals surface area contributed by atoms with Crippen LogP contribution in [0.2, 0.25) is 5.02 Å². The highest BCUT2D eigenvalue weighted by Crippen LogP contribution is 2.28. The number of nitrogens with zero attached hydrogens (tertiary/aromatic N) is 2. The first-order valence-electron chi connectivity index (χ1n) is 6.50. The van der Waals surface area contributed by atoms with E-state index in [-0.39, 0.29) is 0 Å². The standard InChI is InChI=1S/C14H22ClN3/c1-11-10-18(8-7-17(11)3)14-6-4-5-13(15)12(14)9-16-2/h4-6,11,16H,7-10H2,1-3H3. The maximum Gasteiger partial charge on any atom is 0.0471 e. The van der Waals surface area contributed by atoms with Gasteiger partial charge in [0.25, 0.3) is 0 Å². The van der Waals surface area contributed by atoms with Gasteiger partial charge in [0, 0.05) is 48.5 Å². The molecule has 1 aliphatic heterocycles. The maximum absolute atomic E-state index is 6.32. The van der Waals surface area contributed by atoms with E-state index < -0.39 is 0 Å². The predicted octanol–water partition coefficient (Wildman–Crippen LogP) is 2.20. The summed E-state index contributed by atoms with van der Waals surface area (Å²) in [4.78, 5) is 4.85. The Balaban J connectivity index is 2.25. The lowest BCUT2D eigenvalue weighted by molar-refractivity contribution is 0.234. The van der Waals surface area contributed by atoms with Crippen LogP contribution in [0.4, 0.5) is 5.69 Å². The van der Waals surface area contributed by atoms with Crippen molar-refractivity contribution >= 4 is 17.3 Å². The fourth-order valence-corrected chi connectivity index (χ4v) is 2.70. The first kappa shape index (κ1) is 13.7. The van der Waals surface area contributed by atoms with Gasteiger partial charge in [-0.05, 0) is 33.2 Å². The van der Waals surface area contributed by atoms with Gasteiger partial charge in [0.2, 0.25) is 0 Å². The van der Waals surface area contributed by atoms with E-state index in [0.29, 0.717) is 6.04 Å². The molecule has 0 radical (unpaired) electrons. The Morgan fingerprint density at radius 2 is 2.17 bits per heavy atom. The van der Waals surface area contributed by atoms with Gasteiger partial charge in [-0.25, -0.2) is 0 Å². The summed E-state index contributed by atoms with van der Waals surface area (Å²) < 4.78 is 0. The quantitative estimate of drug-likeness (QED) is 0.906. The number of piperazine rings is 1. The Morgan fingerprint density at radius 1 is 1.39 bits per heavy atom. The van der Waals surface area contributed by atoms with E-state index in [2.05, 4.69) is 35.2 Å². The lowest BCUT2D eigenvalue weighted by Gasteiger charge is -2.40. The number of likely N-dealkylation sites (N-methyl/N-ethyl adjacent to an activating group) is 1. The largest absolute Gasteiger partial charge is 0.368 e. The van der Waals surface area contributed by atoms with E-state index in [1.165, 1.54) is 11.3 Å². The molecule has 100 valence electrons. The minimum absolute atomic E-state index is 0.583. The van der Waals surface area contributed by atoms with Crippen LogP contribution in [0, 0.1) is 0 Å². The van der Waals surface area contributed by atoms with Crippen LogP contribution in [0.1, 0.15) is 12.5 Å². The average Bonchev–Trinajstić information content (AvgIpc) is 2.35. The van der Waals surface area contributed by atoms with Crippen molar-refractivity contribution in [3.63, 3.8) is 0 Å². The highest BCUT2D eigenvalue weighted by atomic mass is 35.5. The number of halogens is 1. The predicted molar refractivity (Wildman–Crippen MR) is 78.5 cm³/mol. The number of hydrogen-bond acceptors (Lipinski definition) is 3. The zero-order valence-electron chi connectivity index (χ0n) is 11.4. The van der Waals surface area contributed by atoms with Crippen LogP contribution in [0.3, 0.4) is 0 Å². The molecule has 1 atom stereocenters. The SMILES string of the molecule is CNCc1c(Cl)cccc1N1CCN(C)C(C)C1. The van der Waals surface area contributed by atoms with E-state index >= 15 is 0 Å². The van der Waals surface area contributed by atoms with Gasteiger partial charge < -0.3 is 15.1 Å². The lowest BCUT2D eigenvalue weighted by Crippen LogP contribution is -2.50. The summed E-state index contributed by atoms with van der Waals surface area (Å²) in [5, 5.41) is 4.06. The second-order valence-electron chi connectivity index (χ2n) is 5.04. The molecule has 1 aromatic rings. The molecule has 1 N–H and O–H groups in total. The third-order valence-corrected chi connectivity index (χ3v) is 4.10. The van der Waals surface area contributed by atoms with Crippen LogP contribution in [-0.4, -0.2) is 44.7 Å². The number of benzene rings is 1. The van der Waals surface area contributed by atoms with E-state index in [1.54, 1.807) is 0 Å². The van der Waals surface area contributed by atoms with Crippen molar-refractivity contribution in [2.75, 3.05) is 38.6 Å². The van der Waals surface area contributed by atoms with Crippen molar-refractivity contribution in [3.05, 3.63) is 28.8 Å². The summed E-state index contributed by atoms with van der Waals surface area (Å²) >= 11 is 6.32. The van der Waals surface area contributed by atoms with E-state index in [9.17, 15) is 0 Å². The fourth-order valence-electron chi connectivity index (χ4n) is 2.46. The Bertz CT molecular complexity index is 408. The van der Waals surface area contributed by atoms with Gasteiger partial charge in [-0.2, -0.15) is 0 Å². The average molecular weight is 268 g/mol. The van der Waals surface area contributed by atoms with Gasteiger partial charge in [-0.1, -0.05) is 17.7 Å². The summed E-state index contributed by atoms with van der Waals surface area (Å²) in [5.74, 6) is 0. The van der Waals surface area contributed by atoms with E-state index in [0.717, 1.165) is 31.2 Å². The molecule has 18 heavy (non-hydrogen) atoms. The summed E-state index contributed by atoms with van der Waals surface area (Å²) in [6.07, 6.45) is 0. The zero-order chi connectivity index (χ0) is 13.1. The van der Waals surface area contributed by atoms with E-state index in [1.807, 2.05) is 19.2 Å². The fraction of sp³-hybridized carbons (Fsp3) is 0.571. The molecule has 1 aliphatic rings. The molecule has 0 bridgehead atoms. The Kier molecular flexibility index (Phi) is 4.49. The van der Waals surface area contributed by atoms with Gasteiger partial charge >= 0.3 is 0 Å². The Hall–Kier alpha value is -0.770. The number of hydrogen-bond donors (Lipinski definition) is 1. The van der Waals surface area contributed by atoms with Crippen LogP contribution in [0.5, 0.6) is 0 Å². The van der Waals surface area contributed by atoms with Crippen LogP contribution in [-0.2, 0) is 6.54 Å². The summed E-state index contributed by atoms with van der Waals surface area (Å²) in [6.45, 7) is 6.32. The van der Waals surface area contributed by atoms with Gasteiger partial charge in [0.1, 0.15) is 0 Å². The molecule has 2 rings (SSSR count). The third-order valence-electron chi connectivity index (χ3n) is 3.75. The minimum atomic E-state index is 0.583. The smallest absolute Gasteiger partial charge is 0.0471 e. The summed E-state index contributed by atoms with van der Waals surface area (Å²) in [6, 6.07) is 6.77. The molecule has 1 aromatic carbocycles. The zero-order valence-corrected chi connectivity index (χ0v) is 12.2. The summed E-state index contributed by atoms with van der Waals surface area (Å²) in [5.41, 5.74) is 2.48. The molecule has 1 unspecified atom stereocenters. The van der Waals surface area contributed by atoms with Crippen LogP contribution in [0.25, 0.3) is 0 Å². The van der Waals surface area contributed by atoms with Gasteiger partial charge in [0.15, 0.2) is 0 Å². The molecule has 0 aliphatic carbocycles. The second kappa shape index (κ2) is 5.91.